The molecule has 3 rings (SSSR count). The lowest BCUT2D eigenvalue weighted by Crippen LogP contribution is -2.44. The van der Waals surface area contributed by atoms with E-state index >= 15 is 0 Å². The summed E-state index contributed by atoms with van der Waals surface area (Å²) in [4.78, 5) is 5.97. The average molecular weight is 374 g/mol. The normalized spacial score (nSPS) is 17.1. The Balaban J connectivity index is 1.54. The van der Waals surface area contributed by atoms with E-state index in [2.05, 4.69) is 15.6 Å². The van der Waals surface area contributed by atoms with Gasteiger partial charge >= 0.3 is 0 Å². The number of rotatable bonds is 5. The van der Waals surface area contributed by atoms with E-state index < -0.39 is 11.6 Å². The van der Waals surface area contributed by atoms with Crippen LogP contribution in [-0.2, 0) is 6.54 Å². The van der Waals surface area contributed by atoms with Crippen LogP contribution in [0.1, 0.15) is 12.0 Å². The largest absolute Gasteiger partial charge is 0.497 e. The third kappa shape index (κ3) is 4.67. The molecule has 0 aliphatic carbocycles. The third-order valence-corrected chi connectivity index (χ3v) is 4.63. The van der Waals surface area contributed by atoms with Crippen molar-refractivity contribution < 1.29 is 13.5 Å². The fraction of sp³-hybridized carbons (Fsp3) is 0.350. The predicted octanol–water partition coefficient (Wildman–Crippen LogP) is 2.92. The van der Waals surface area contributed by atoms with Crippen molar-refractivity contribution in [2.24, 2.45) is 4.99 Å². The van der Waals surface area contributed by atoms with Crippen molar-refractivity contribution in [3.8, 4) is 5.75 Å². The molecule has 1 heterocycles. The zero-order chi connectivity index (χ0) is 19.2. The number of halogens is 2. The minimum absolute atomic E-state index is 0.0444. The molecule has 1 unspecified atom stereocenters. The Morgan fingerprint density at radius 1 is 1.19 bits per heavy atom. The first kappa shape index (κ1) is 18.9. The maximum absolute atomic E-state index is 14.0. The highest BCUT2D eigenvalue weighted by Crippen LogP contribution is 2.26. The molecule has 0 saturated carbocycles. The standard InChI is InChI=1S/C20H24F2N4O/c1-23-20(24-12-14-6-8-16(27-2)9-7-14)25-15-10-11-26(13-15)19-17(21)4-3-5-18(19)22/h3-9,15H,10-13H2,1-2H3,(H2,23,24,25). The van der Waals surface area contributed by atoms with Gasteiger partial charge in [-0.2, -0.15) is 0 Å². The number of anilines is 1. The molecule has 7 heteroatoms. The summed E-state index contributed by atoms with van der Waals surface area (Å²) in [5.74, 6) is 0.412. The van der Waals surface area contributed by atoms with Gasteiger partial charge in [0.1, 0.15) is 23.1 Å². The number of hydrogen-bond donors (Lipinski definition) is 2. The second kappa shape index (κ2) is 8.70. The van der Waals surface area contributed by atoms with Crippen molar-refractivity contribution in [1.82, 2.24) is 10.6 Å². The van der Waals surface area contributed by atoms with Crippen LogP contribution in [0.4, 0.5) is 14.5 Å². The van der Waals surface area contributed by atoms with Crippen LogP contribution >= 0.6 is 0 Å². The van der Waals surface area contributed by atoms with Crippen molar-refractivity contribution in [3.05, 3.63) is 59.7 Å². The van der Waals surface area contributed by atoms with Gasteiger partial charge in [0, 0.05) is 32.7 Å². The first-order valence-corrected chi connectivity index (χ1v) is 8.89. The van der Waals surface area contributed by atoms with E-state index in [-0.39, 0.29) is 11.7 Å². The van der Waals surface area contributed by atoms with Gasteiger partial charge in [-0.25, -0.2) is 8.78 Å². The van der Waals surface area contributed by atoms with Crippen molar-refractivity contribution in [2.45, 2.75) is 19.0 Å². The second-order valence-corrected chi connectivity index (χ2v) is 6.42. The van der Waals surface area contributed by atoms with Crippen LogP contribution in [0.2, 0.25) is 0 Å². The Morgan fingerprint density at radius 2 is 1.89 bits per heavy atom. The molecule has 5 nitrogen and oxygen atoms in total. The highest BCUT2D eigenvalue weighted by Gasteiger charge is 2.27. The molecule has 144 valence electrons. The maximum Gasteiger partial charge on any atom is 0.191 e. The van der Waals surface area contributed by atoms with Gasteiger partial charge in [-0.1, -0.05) is 18.2 Å². The molecule has 1 aliphatic rings. The number of ether oxygens (including phenoxy) is 1. The van der Waals surface area contributed by atoms with Gasteiger partial charge in [0.15, 0.2) is 5.96 Å². The average Bonchev–Trinajstić information content (AvgIpc) is 3.13. The summed E-state index contributed by atoms with van der Waals surface area (Å²) in [6.45, 7) is 1.72. The summed E-state index contributed by atoms with van der Waals surface area (Å²) in [7, 11) is 3.34. The first-order valence-electron chi connectivity index (χ1n) is 8.89. The van der Waals surface area contributed by atoms with E-state index in [4.69, 9.17) is 4.74 Å². The molecule has 0 amide bonds. The van der Waals surface area contributed by atoms with Crippen molar-refractivity contribution >= 4 is 11.6 Å². The molecule has 1 atom stereocenters. The number of benzene rings is 2. The minimum Gasteiger partial charge on any atom is -0.497 e. The van der Waals surface area contributed by atoms with E-state index in [9.17, 15) is 8.78 Å². The van der Waals surface area contributed by atoms with Crippen LogP contribution in [0.3, 0.4) is 0 Å². The highest BCUT2D eigenvalue weighted by molar-refractivity contribution is 5.80. The molecule has 0 bridgehead atoms. The molecule has 2 aromatic carbocycles. The number of hydrogen-bond acceptors (Lipinski definition) is 3. The van der Waals surface area contributed by atoms with Crippen LogP contribution in [0.15, 0.2) is 47.5 Å². The topological polar surface area (TPSA) is 48.9 Å². The number of nitrogens with one attached hydrogen (secondary N) is 2. The molecule has 0 aromatic heterocycles. The summed E-state index contributed by atoms with van der Waals surface area (Å²) in [5, 5.41) is 6.58. The summed E-state index contributed by atoms with van der Waals surface area (Å²) < 4.78 is 33.1. The number of para-hydroxylation sites is 1. The van der Waals surface area contributed by atoms with Gasteiger partial charge in [-0.05, 0) is 36.2 Å². The molecule has 27 heavy (non-hydrogen) atoms. The Morgan fingerprint density at radius 3 is 2.52 bits per heavy atom. The first-order chi connectivity index (χ1) is 13.1. The Hall–Kier alpha value is -2.83. The number of nitrogens with zero attached hydrogens (tertiary/aromatic N) is 2. The van der Waals surface area contributed by atoms with Crippen LogP contribution in [0.5, 0.6) is 5.75 Å². The van der Waals surface area contributed by atoms with E-state index in [1.165, 1.54) is 18.2 Å². The fourth-order valence-electron chi connectivity index (χ4n) is 3.19. The lowest BCUT2D eigenvalue weighted by molar-refractivity contribution is 0.414. The number of guanidine groups is 1. The maximum atomic E-state index is 14.0. The monoisotopic (exact) mass is 374 g/mol. The molecule has 0 radical (unpaired) electrons. The molecule has 1 fully saturated rings. The summed E-state index contributed by atoms with van der Waals surface area (Å²) in [6, 6.07) is 11.8. The highest BCUT2D eigenvalue weighted by atomic mass is 19.1. The van der Waals surface area contributed by atoms with E-state index in [0.717, 1.165) is 17.7 Å². The van der Waals surface area contributed by atoms with Gasteiger partial charge in [0.05, 0.1) is 7.11 Å². The summed E-state index contributed by atoms with van der Waals surface area (Å²) in [5.41, 5.74) is 1.14. The van der Waals surface area contributed by atoms with E-state index in [0.29, 0.717) is 25.6 Å². The Bertz CT molecular complexity index is 775. The number of aliphatic imine (C=N–C) groups is 1. The SMILES string of the molecule is CN=C(NCc1ccc(OC)cc1)NC1CCN(c2c(F)cccc2F)C1. The lowest BCUT2D eigenvalue weighted by Gasteiger charge is -2.21. The second-order valence-electron chi connectivity index (χ2n) is 6.42. The molecular weight excluding hydrogens is 350 g/mol. The Kier molecular flexibility index (Phi) is 6.11. The third-order valence-electron chi connectivity index (χ3n) is 4.63. The molecule has 2 N–H and O–H groups in total. The summed E-state index contributed by atoms with van der Waals surface area (Å²) >= 11 is 0. The Labute approximate surface area is 158 Å². The zero-order valence-electron chi connectivity index (χ0n) is 15.5. The smallest absolute Gasteiger partial charge is 0.191 e. The van der Waals surface area contributed by atoms with E-state index in [1.54, 1.807) is 19.1 Å². The zero-order valence-corrected chi connectivity index (χ0v) is 15.5. The van der Waals surface area contributed by atoms with Gasteiger partial charge in [0.25, 0.3) is 0 Å². The molecular formula is C20H24F2N4O. The van der Waals surface area contributed by atoms with E-state index in [1.807, 2.05) is 24.3 Å². The van der Waals surface area contributed by atoms with Crippen LogP contribution < -0.4 is 20.3 Å². The van der Waals surface area contributed by atoms with Gasteiger partial charge < -0.3 is 20.3 Å². The van der Waals surface area contributed by atoms with Gasteiger partial charge in [-0.3, -0.25) is 4.99 Å². The fourth-order valence-corrected chi connectivity index (χ4v) is 3.19. The van der Waals surface area contributed by atoms with Crippen molar-refractivity contribution in [1.29, 1.82) is 0 Å². The number of methoxy groups -OCH3 is 1. The molecule has 1 saturated heterocycles. The van der Waals surface area contributed by atoms with Crippen LogP contribution in [0.25, 0.3) is 0 Å². The quantitative estimate of drug-likeness (QED) is 0.624. The predicted molar refractivity (Wildman–Crippen MR) is 103 cm³/mol. The van der Waals surface area contributed by atoms with Gasteiger partial charge in [-0.15, -0.1) is 0 Å². The van der Waals surface area contributed by atoms with Crippen LogP contribution in [0, 0.1) is 11.6 Å². The summed E-state index contributed by atoms with van der Waals surface area (Å²) in [6.07, 6.45) is 0.775. The molecule has 1 aliphatic heterocycles. The lowest BCUT2D eigenvalue weighted by atomic mass is 10.2. The molecule has 0 spiro atoms. The van der Waals surface area contributed by atoms with Crippen molar-refractivity contribution in [3.63, 3.8) is 0 Å². The van der Waals surface area contributed by atoms with Gasteiger partial charge in [0.2, 0.25) is 0 Å². The molecule has 2 aromatic rings. The minimum atomic E-state index is -0.530. The van der Waals surface area contributed by atoms with Crippen molar-refractivity contribution in [2.75, 3.05) is 32.1 Å². The van der Waals surface area contributed by atoms with Crippen LogP contribution in [-0.4, -0.2) is 39.2 Å².